The van der Waals surface area contributed by atoms with Crippen LogP contribution in [0.15, 0.2) is 21.3 Å². The zero-order valence-corrected chi connectivity index (χ0v) is 13.1. The molecule has 1 aliphatic rings. The largest absolute Gasteiger partial charge is 0.437 e. The minimum absolute atomic E-state index is 0.124. The number of aryl methyl sites for hydroxylation is 1. The van der Waals surface area contributed by atoms with E-state index in [2.05, 4.69) is 15.3 Å². The molecule has 3 aromatic rings. The highest BCUT2D eigenvalue weighted by Crippen LogP contribution is 2.35. The van der Waals surface area contributed by atoms with Crippen molar-refractivity contribution in [3.8, 4) is 0 Å². The van der Waals surface area contributed by atoms with Crippen molar-refractivity contribution in [2.75, 3.05) is 5.32 Å². The molecule has 0 amide bonds. The summed E-state index contributed by atoms with van der Waals surface area (Å²) < 4.78 is 5.62. The molecule has 1 aromatic carbocycles. The molecule has 7 heteroatoms. The minimum atomic E-state index is -0.124. The number of fused-ring (bicyclic) bond motifs is 2. The summed E-state index contributed by atoms with van der Waals surface area (Å²) in [6, 6.07) is 3.34. The number of H-pyrrole nitrogens is 1. The number of hydrogen-bond donors (Lipinski definition) is 2. The Kier molecular flexibility index (Phi) is 2.96. The molecule has 0 saturated carbocycles. The molecule has 112 valence electrons. The molecule has 5 nitrogen and oxygen atoms in total. The molecule has 0 fully saturated rings. The van der Waals surface area contributed by atoms with Gasteiger partial charge in [-0.3, -0.25) is 4.79 Å². The van der Waals surface area contributed by atoms with E-state index in [0.717, 1.165) is 17.7 Å². The molecular formula is C15H11Cl2N3O2. The SMILES string of the molecule is Cc1[nH]c(=O)c(NCc2nc3c(Cl)ccc(Cl)c3o2)c2c1C2. The van der Waals surface area contributed by atoms with Crippen molar-refractivity contribution < 1.29 is 4.42 Å². The van der Waals surface area contributed by atoms with Gasteiger partial charge in [0.15, 0.2) is 5.58 Å². The number of rotatable bonds is 3. The summed E-state index contributed by atoms with van der Waals surface area (Å²) in [6.07, 6.45) is 0.845. The standard InChI is InChI=1S/C15H11Cl2N3O2/c1-6-7-4-8(7)12(15(21)19-6)18-5-11-20-13-9(16)2-3-10(17)14(13)22-11/h2-3,18H,4-5H2,1H3,(H,19,21). The van der Waals surface area contributed by atoms with Gasteiger partial charge in [0.25, 0.3) is 5.56 Å². The number of aromatic nitrogens is 2. The van der Waals surface area contributed by atoms with E-state index in [1.807, 2.05) is 6.92 Å². The fourth-order valence-corrected chi connectivity index (χ4v) is 2.97. The highest BCUT2D eigenvalue weighted by atomic mass is 35.5. The summed E-state index contributed by atoms with van der Waals surface area (Å²) in [6.45, 7) is 2.20. The van der Waals surface area contributed by atoms with Gasteiger partial charge in [0.05, 0.1) is 16.6 Å². The Morgan fingerprint density at radius 3 is 2.86 bits per heavy atom. The molecule has 22 heavy (non-hydrogen) atoms. The van der Waals surface area contributed by atoms with Crippen molar-refractivity contribution in [2.24, 2.45) is 0 Å². The van der Waals surface area contributed by atoms with E-state index < -0.39 is 0 Å². The first-order valence-electron chi connectivity index (χ1n) is 6.76. The minimum Gasteiger partial charge on any atom is -0.437 e. The fourth-order valence-electron chi connectivity index (χ4n) is 2.59. The lowest BCUT2D eigenvalue weighted by Crippen LogP contribution is -2.14. The van der Waals surface area contributed by atoms with Crippen LogP contribution in [0.1, 0.15) is 22.7 Å². The monoisotopic (exact) mass is 335 g/mol. The molecule has 2 aromatic heterocycles. The first-order valence-corrected chi connectivity index (χ1v) is 7.52. The van der Waals surface area contributed by atoms with E-state index in [1.54, 1.807) is 12.1 Å². The summed E-state index contributed by atoms with van der Waals surface area (Å²) in [4.78, 5) is 19.1. The smallest absolute Gasteiger partial charge is 0.271 e. The van der Waals surface area contributed by atoms with Gasteiger partial charge in [-0.1, -0.05) is 23.2 Å². The van der Waals surface area contributed by atoms with Crippen LogP contribution in [0.4, 0.5) is 5.69 Å². The zero-order chi connectivity index (χ0) is 15.4. The Bertz CT molecular complexity index is 936. The Labute approximate surface area is 135 Å². The maximum atomic E-state index is 12.0. The van der Waals surface area contributed by atoms with Crippen LogP contribution >= 0.6 is 23.2 Å². The third-order valence-corrected chi connectivity index (χ3v) is 4.38. The molecule has 4 rings (SSSR count). The van der Waals surface area contributed by atoms with E-state index in [4.69, 9.17) is 27.6 Å². The maximum absolute atomic E-state index is 12.0. The lowest BCUT2D eigenvalue weighted by atomic mass is 10.3. The highest BCUT2D eigenvalue weighted by molar-refractivity contribution is 6.39. The van der Waals surface area contributed by atoms with Crippen LogP contribution < -0.4 is 10.9 Å². The van der Waals surface area contributed by atoms with Crippen molar-refractivity contribution in [3.05, 3.63) is 55.2 Å². The van der Waals surface area contributed by atoms with Crippen LogP contribution in [-0.2, 0) is 13.0 Å². The van der Waals surface area contributed by atoms with Crippen molar-refractivity contribution in [3.63, 3.8) is 0 Å². The molecule has 0 bridgehead atoms. The Morgan fingerprint density at radius 2 is 2.09 bits per heavy atom. The number of halogens is 2. The number of pyridine rings is 1. The normalized spacial score (nSPS) is 12.5. The molecule has 2 heterocycles. The number of benzene rings is 1. The molecule has 2 N–H and O–H groups in total. The third-order valence-electron chi connectivity index (χ3n) is 3.78. The van der Waals surface area contributed by atoms with E-state index >= 15 is 0 Å². The fraction of sp³-hybridized carbons (Fsp3) is 0.200. The average molecular weight is 336 g/mol. The first-order chi connectivity index (χ1) is 10.5. The molecule has 0 radical (unpaired) electrons. The second-order valence-corrected chi connectivity index (χ2v) is 6.07. The summed E-state index contributed by atoms with van der Waals surface area (Å²) >= 11 is 12.1. The Hall–Kier alpha value is -1.98. The predicted molar refractivity (Wildman–Crippen MR) is 86.0 cm³/mol. The summed E-state index contributed by atoms with van der Waals surface area (Å²) in [5.41, 5.74) is 4.64. The zero-order valence-electron chi connectivity index (χ0n) is 11.6. The number of oxazole rings is 1. The first kappa shape index (κ1) is 13.7. The van der Waals surface area contributed by atoms with Crippen molar-refractivity contribution in [1.29, 1.82) is 0 Å². The maximum Gasteiger partial charge on any atom is 0.271 e. The van der Waals surface area contributed by atoms with Crippen LogP contribution in [0.2, 0.25) is 10.0 Å². The van der Waals surface area contributed by atoms with Gasteiger partial charge in [-0.25, -0.2) is 4.98 Å². The van der Waals surface area contributed by atoms with Crippen molar-refractivity contribution in [1.82, 2.24) is 9.97 Å². The Morgan fingerprint density at radius 1 is 1.32 bits per heavy atom. The third kappa shape index (κ3) is 2.09. The van der Waals surface area contributed by atoms with Crippen molar-refractivity contribution >= 4 is 40.0 Å². The van der Waals surface area contributed by atoms with Crippen LogP contribution in [0, 0.1) is 6.92 Å². The molecule has 0 saturated heterocycles. The molecule has 0 atom stereocenters. The number of aromatic amines is 1. The summed E-state index contributed by atoms with van der Waals surface area (Å²) in [5, 5.41) is 4.03. The topological polar surface area (TPSA) is 70.9 Å². The highest BCUT2D eigenvalue weighted by Gasteiger charge is 2.26. The Balaban J connectivity index is 1.65. The molecular weight excluding hydrogens is 325 g/mol. The summed E-state index contributed by atoms with van der Waals surface area (Å²) in [5.74, 6) is 0.430. The van der Waals surface area contributed by atoms with Crippen LogP contribution in [0.25, 0.3) is 11.1 Å². The quantitative estimate of drug-likeness (QED) is 0.599. The lowest BCUT2D eigenvalue weighted by Gasteiger charge is -2.02. The van der Waals surface area contributed by atoms with E-state index in [9.17, 15) is 4.79 Å². The number of anilines is 1. The number of nitrogens with zero attached hydrogens (tertiary/aromatic N) is 1. The van der Waals surface area contributed by atoms with Gasteiger partial charge in [-0.2, -0.15) is 0 Å². The molecule has 0 spiro atoms. The van der Waals surface area contributed by atoms with E-state index in [0.29, 0.717) is 39.3 Å². The van der Waals surface area contributed by atoms with Crippen LogP contribution in [0.3, 0.4) is 0 Å². The van der Waals surface area contributed by atoms with Gasteiger partial charge >= 0.3 is 0 Å². The molecule has 1 aliphatic carbocycles. The van der Waals surface area contributed by atoms with Gasteiger partial charge < -0.3 is 14.7 Å². The van der Waals surface area contributed by atoms with E-state index in [-0.39, 0.29) is 5.56 Å². The van der Waals surface area contributed by atoms with Crippen LogP contribution in [0.5, 0.6) is 0 Å². The predicted octanol–water partition coefficient (Wildman–Crippen LogP) is 3.65. The molecule has 0 unspecified atom stereocenters. The van der Waals surface area contributed by atoms with Gasteiger partial charge in [-0.05, 0) is 30.2 Å². The van der Waals surface area contributed by atoms with Crippen LogP contribution in [-0.4, -0.2) is 9.97 Å². The number of nitrogens with one attached hydrogen (secondary N) is 2. The van der Waals surface area contributed by atoms with E-state index in [1.165, 1.54) is 5.56 Å². The second-order valence-electron chi connectivity index (χ2n) is 5.26. The lowest BCUT2D eigenvalue weighted by molar-refractivity contribution is 0.540. The van der Waals surface area contributed by atoms with Gasteiger partial charge in [0.1, 0.15) is 11.2 Å². The average Bonchev–Trinajstić information content (AvgIpc) is 3.15. The van der Waals surface area contributed by atoms with Gasteiger partial charge in [0.2, 0.25) is 5.89 Å². The van der Waals surface area contributed by atoms with Gasteiger partial charge in [-0.15, -0.1) is 0 Å². The second kappa shape index (κ2) is 4.76. The van der Waals surface area contributed by atoms with Gasteiger partial charge in [0, 0.05) is 12.1 Å². The van der Waals surface area contributed by atoms with Crippen molar-refractivity contribution in [2.45, 2.75) is 19.9 Å². The number of hydrogen-bond acceptors (Lipinski definition) is 4. The summed E-state index contributed by atoms with van der Waals surface area (Å²) in [7, 11) is 0. The molecule has 0 aliphatic heterocycles.